The van der Waals surface area contributed by atoms with Crippen LogP contribution in [0.5, 0.6) is 0 Å². The van der Waals surface area contributed by atoms with Crippen LogP contribution in [0, 0.1) is 5.82 Å². The fourth-order valence-corrected chi connectivity index (χ4v) is 4.08. The second-order valence-electron chi connectivity index (χ2n) is 4.71. The van der Waals surface area contributed by atoms with Crippen LogP contribution in [-0.2, 0) is 9.53 Å². The van der Waals surface area contributed by atoms with Gasteiger partial charge in [-0.1, -0.05) is 0 Å². The first-order valence-corrected chi connectivity index (χ1v) is 8.56. The number of methoxy groups -OCH3 is 1. The average Bonchev–Trinajstić information content (AvgIpc) is 2.94. The molecule has 3 nitrogen and oxygen atoms in total. The second kappa shape index (κ2) is 7.33. The summed E-state index contributed by atoms with van der Waals surface area (Å²) in [6.45, 7) is 0.555. The minimum atomic E-state index is -0.264. The molecule has 0 aromatic heterocycles. The third-order valence-electron chi connectivity index (χ3n) is 3.29. The maximum Gasteiger partial charge on any atom is 0.230 e. The molecule has 1 aliphatic rings. The molecule has 0 bridgehead atoms. The van der Waals surface area contributed by atoms with Crippen molar-refractivity contribution in [2.24, 2.45) is 0 Å². The van der Waals surface area contributed by atoms with Crippen LogP contribution in [0.25, 0.3) is 0 Å². The van der Waals surface area contributed by atoms with Gasteiger partial charge in [-0.3, -0.25) is 4.79 Å². The van der Waals surface area contributed by atoms with Crippen molar-refractivity contribution in [3.63, 3.8) is 0 Å². The number of ether oxygens (including phenoxy) is 1. The Morgan fingerprint density at radius 2 is 2.25 bits per heavy atom. The first-order chi connectivity index (χ1) is 9.63. The summed E-state index contributed by atoms with van der Waals surface area (Å²) in [4.78, 5) is 12.7. The van der Waals surface area contributed by atoms with Crippen LogP contribution in [0.2, 0.25) is 0 Å². The van der Waals surface area contributed by atoms with Gasteiger partial charge < -0.3 is 10.1 Å². The van der Waals surface area contributed by atoms with Crippen molar-refractivity contribution >= 4 is 29.4 Å². The van der Waals surface area contributed by atoms with Gasteiger partial charge in [-0.2, -0.15) is 11.8 Å². The number of carbonyl (C=O) groups excluding carboxylic acids is 1. The number of carbonyl (C=O) groups is 1. The highest BCUT2D eigenvalue weighted by Crippen LogP contribution is 2.30. The second-order valence-corrected chi connectivity index (χ2v) is 6.86. The molecule has 1 heterocycles. The van der Waals surface area contributed by atoms with E-state index in [2.05, 4.69) is 5.32 Å². The molecular weight excluding hydrogens is 297 g/mol. The average molecular weight is 315 g/mol. The first kappa shape index (κ1) is 15.7. The van der Waals surface area contributed by atoms with Gasteiger partial charge in [0, 0.05) is 24.3 Å². The van der Waals surface area contributed by atoms with E-state index in [1.54, 1.807) is 19.2 Å². The standard InChI is InChI=1S/C14H18FNO2S2/c1-18-14(6-7-19-10-14)9-16-13(17)8-20-12-4-2-11(15)3-5-12/h2-5H,6-10H2,1H3,(H,16,17). The number of hydrogen-bond acceptors (Lipinski definition) is 4. The zero-order valence-electron chi connectivity index (χ0n) is 11.4. The molecule has 1 aliphatic heterocycles. The van der Waals surface area contributed by atoms with Gasteiger partial charge in [-0.25, -0.2) is 4.39 Å². The van der Waals surface area contributed by atoms with E-state index in [-0.39, 0.29) is 17.3 Å². The topological polar surface area (TPSA) is 38.3 Å². The Balaban J connectivity index is 1.74. The first-order valence-electron chi connectivity index (χ1n) is 6.41. The van der Waals surface area contributed by atoms with Gasteiger partial charge in [0.25, 0.3) is 0 Å². The molecule has 20 heavy (non-hydrogen) atoms. The lowest BCUT2D eigenvalue weighted by atomic mass is 10.0. The van der Waals surface area contributed by atoms with E-state index < -0.39 is 0 Å². The van der Waals surface area contributed by atoms with Gasteiger partial charge in [0.05, 0.1) is 11.4 Å². The molecule has 1 aromatic carbocycles. The molecule has 1 amide bonds. The van der Waals surface area contributed by atoms with Crippen LogP contribution >= 0.6 is 23.5 Å². The monoisotopic (exact) mass is 315 g/mol. The summed E-state index contributed by atoms with van der Waals surface area (Å²) in [5.74, 6) is 2.05. The van der Waals surface area contributed by atoms with Gasteiger partial charge in [-0.15, -0.1) is 11.8 Å². The fraction of sp³-hybridized carbons (Fsp3) is 0.500. The van der Waals surface area contributed by atoms with Crippen LogP contribution < -0.4 is 5.32 Å². The largest absolute Gasteiger partial charge is 0.376 e. The van der Waals surface area contributed by atoms with Crippen molar-refractivity contribution in [1.29, 1.82) is 0 Å². The third-order valence-corrected chi connectivity index (χ3v) is 5.53. The highest BCUT2D eigenvalue weighted by Gasteiger charge is 2.34. The molecular formula is C14H18FNO2S2. The van der Waals surface area contributed by atoms with E-state index in [1.807, 2.05) is 11.8 Å². The molecule has 1 saturated heterocycles. The minimum absolute atomic E-state index is 0.0207. The van der Waals surface area contributed by atoms with Crippen molar-refractivity contribution < 1.29 is 13.9 Å². The van der Waals surface area contributed by atoms with Gasteiger partial charge in [0.2, 0.25) is 5.91 Å². The van der Waals surface area contributed by atoms with Gasteiger partial charge in [0.1, 0.15) is 5.82 Å². The molecule has 0 saturated carbocycles. The number of rotatable bonds is 6. The number of thioether (sulfide) groups is 2. The van der Waals surface area contributed by atoms with Gasteiger partial charge in [-0.05, 0) is 36.4 Å². The van der Waals surface area contributed by atoms with Crippen molar-refractivity contribution in [2.75, 3.05) is 30.9 Å². The fourth-order valence-electron chi connectivity index (χ4n) is 1.95. The van der Waals surface area contributed by atoms with E-state index in [1.165, 1.54) is 23.9 Å². The van der Waals surface area contributed by atoms with E-state index >= 15 is 0 Å². The van der Waals surface area contributed by atoms with Gasteiger partial charge >= 0.3 is 0 Å². The van der Waals surface area contributed by atoms with Crippen LogP contribution in [0.15, 0.2) is 29.2 Å². The highest BCUT2D eigenvalue weighted by molar-refractivity contribution is 8.00. The Morgan fingerprint density at radius 1 is 1.50 bits per heavy atom. The zero-order valence-corrected chi connectivity index (χ0v) is 13.0. The van der Waals surface area contributed by atoms with Gasteiger partial charge in [0.15, 0.2) is 0 Å². The van der Waals surface area contributed by atoms with Crippen LogP contribution in [-0.4, -0.2) is 42.4 Å². The molecule has 1 atom stereocenters. The quantitative estimate of drug-likeness (QED) is 0.819. The predicted octanol–water partition coefficient (Wildman–Crippen LogP) is 2.56. The molecule has 1 aromatic rings. The van der Waals surface area contributed by atoms with Crippen LogP contribution in [0.1, 0.15) is 6.42 Å². The lowest BCUT2D eigenvalue weighted by Gasteiger charge is -2.26. The van der Waals surface area contributed by atoms with E-state index in [0.29, 0.717) is 12.3 Å². The Hall–Kier alpha value is -0.720. The number of benzene rings is 1. The zero-order chi connectivity index (χ0) is 14.4. The van der Waals surface area contributed by atoms with E-state index in [0.717, 1.165) is 22.8 Å². The molecule has 0 aliphatic carbocycles. The number of nitrogens with one attached hydrogen (secondary N) is 1. The van der Waals surface area contributed by atoms with E-state index in [4.69, 9.17) is 4.74 Å². The highest BCUT2D eigenvalue weighted by atomic mass is 32.2. The summed E-state index contributed by atoms with van der Waals surface area (Å²) < 4.78 is 18.3. The Kier molecular flexibility index (Phi) is 5.74. The van der Waals surface area contributed by atoms with E-state index in [9.17, 15) is 9.18 Å². The lowest BCUT2D eigenvalue weighted by Crippen LogP contribution is -2.45. The molecule has 0 spiro atoms. The lowest BCUT2D eigenvalue weighted by molar-refractivity contribution is -0.119. The number of halogens is 1. The molecule has 1 N–H and O–H groups in total. The smallest absolute Gasteiger partial charge is 0.230 e. The summed E-state index contributed by atoms with van der Waals surface area (Å²) in [6, 6.07) is 6.15. The van der Waals surface area contributed by atoms with Crippen molar-refractivity contribution in [3.8, 4) is 0 Å². The summed E-state index contributed by atoms with van der Waals surface area (Å²) in [5, 5.41) is 2.93. The van der Waals surface area contributed by atoms with Crippen molar-refractivity contribution in [2.45, 2.75) is 16.9 Å². The Morgan fingerprint density at radius 3 is 2.85 bits per heavy atom. The predicted molar refractivity (Wildman–Crippen MR) is 81.8 cm³/mol. The summed E-state index contributed by atoms with van der Waals surface area (Å²) in [7, 11) is 1.70. The molecule has 2 rings (SSSR count). The SMILES string of the molecule is COC1(CNC(=O)CSc2ccc(F)cc2)CCSC1. The van der Waals surface area contributed by atoms with Crippen LogP contribution in [0.3, 0.4) is 0 Å². The van der Waals surface area contributed by atoms with Crippen molar-refractivity contribution in [3.05, 3.63) is 30.1 Å². The Bertz CT molecular complexity index is 447. The molecule has 110 valence electrons. The number of hydrogen-bond donors (Lipinski definition) is 1. The molecule has 0 radical (unpaired) electrons. The minimum Gasteiger partial charge on any atom is -0.376 e. The third kappa shape index (κ3) is 4.40. The van der Waals surface area contributed by atoms with Crippen LogP contribution in [0.4, 0.5) is 4.39 Å². The maximum atomic E-state index is 12.8. The Labute approximate surface area is 127 Å². The molecule has 6 heteroatoms. The normalized spacial score (nSPS) is 21.9. The molecule has 1 fully saturated rings. The summed E-state index contributed by atoms with van der Waals surface area (Å²) in [6.07, 6.45) is 0.972. The van der Waals surface area contributed by atoms with Crippen molar-refractivity contribution in [1.82, 2.24) is 5.32 Å². The number of amides is 1. The molecule has 1 unspecified atom stereocenters. The summed E-state index contributed by atoms with van der Waals surface area (Å²) in [5.41, 5.74) is -0.207. The summed E-state index contributed by atoms with van der Waals surface area (Å²) >= 11 is 3.25. The maximum absolute atomic E-state index is 12.8.